The number of benzene rings is 1. The summed E-state index contributed by atoms with van der Waals surface area (Å²) < 4.78 is 1.44. The van der Waals surface area contributed by atoms with Gasteiger partial charge in [0.25, 0.3) is 0 Å². The predicted octanol–water partition coefficient (Wildman–Crippen LogP) is 5.89. The summed E-state index contributed by atoms with van der Waals surface area (Å²) in [5, 5.41) is 4.50. The molecule has 1 spiro atoms. The lowest BCUT2D eigenvalue weighted by atomic mass is 9.67. The molecule has 1 aromatic carbocycles. The number of thiazole rings is 1. The van der Waals surface area contributed by atoms with E-state index in [-0.39, 0.29) is 11.8 Å². The summed E-state index contributed by atoms with van der Waals surface area (Å²) in [6, 6.07) is 5.66. The summed E-state index contributed by atoms with van der Waals surface area (Å²) in [5.41, 5.74) is 0.896. The highest BCUT2D eigenvalue weighted by Gasteiger charge is 2.55. The molecule has 2 bridgehead atoms. The number of hydrogen-bond acceptors (Lipinski definition) is 5. The highest BCUT2D eigenvalue weighted by molar-refractivity contribution is 8.21. The molecule has 26 heavy (non-hydrogen) atoms. The summed E-state index contributed by atoms with van der Waals surface area (Å²) in [6.45, 7) is 0. The fraction of sp³-hybridized carbons (Fsp3) is 0.579. The van der Waals surface area contributed by atoms with E-state index in [0.717, 1.165) is 23.1 Å². The molecular weight excluding hydrogens is 404 g/mol. The normalized spacial score (nSPS) is 30.0. The van der Waals surface area contributed by atoms with Crippen LogP contribution in [-0.2, 0) is 4.79 Å². The van der Waals surface area contributed by atoms with E-state index in [2.05, 4.69) is 33.8 Å². The van der Waals surface area contributed by atoms with Crippen molar-refractivity contribution in [2.24, 2.45) is 17.8 Å². The highest BCUT2D eigenvalue weighted by atomic mass is 35.5. The van der Waals surface area contributed by atoms with Crippen molar-refractivity contribution < 1.29 is 4.79 Å². The molecule has 2 atom stereocenters. The molecule has 3 nitrogen and oxygen atoms in total. The summed E-state index contributed by atoms with van der Waals surface area (Å²) in [7, 11) is 0. The summed E-state index contributed by atoms with van der Waals surface area (Å²) >= 11 is 11.9. The molecule has 7 heteroatoms. The number of anilines is 1. The Bertz CT molecular complexity index is 832. The molecule has 5 rings (SSSR count). The largest absolute Gasteiger partial charge is 0.302 e. The second kappa shape index (κ2) is 6.87. The maximum absolute atomic E-state index is 13.0. The average molecular weight is 425 g/mol. The number of amides is 1. The number of carbonyl (C=O) groups excluding carboxylic acids is 1. The van der Waals surface area contributed by atoms with Crippen molar-refractivity contribution in [3.63, 3.8) is 0 Å². The van der Waals surface area contributed by atoms with Gasteiger partial charge < -0.3 is 5.32 Å². The number of hydrogen-bond donors (Lipinski definition) is 1. The summed E-state index contributed by atoms with van der Waals surface area (Å²) in [5.74, 6) is 4.24. The monoisotopic (exact) mass is 424 g/mol. The SMILES string of the molecule is O=C(Nc1nc2ccc(Cl)cc2s1)C1CC2CCCC(C1)C21SCCS1. The van der Waals surface area contributed by atoms with Crippen LogP contribution in [0.25, 0.3) is 10.2 Å². The van der Waals surface area contributed by atoms with Crippen LogP contribution < -0.4 is 5.32 Å². The standard InChI is InChI=1S/C19H21ClN2OS3/c20-14-4-5-15-16(10-14)26-18(21-15)22-17(23)11-8-12-2-1-3-13(9-11)19(12)24-6-7-25-19/h4-5,10-13H,1-3,6-9H2,(H,21,22,23). The highest BCUT2D eigenvalue weighted by Crippen LogP contribution is 2.64. The lowest BCUT2D eigenvalue weighted by Gasteiger charge is -2.51. The molecular formula is C19H21ClN2OS3. The van der Waals surface area contributed by atoms with Crippen molar-refractivity contribution >= 4 is 67.7 Å². The fourth-order valence-corrected chi connectivity index (χ4v) is 10.1. The summed E-state index contributed by atoms with van der Waals surface area (Å²) in [4.78, 5) is 17.5. The van der Waals surface area contributed by atoms with Gasteiger partial charge in [0.2, 0.25) is 5.91 Å². The maximum atomic E-state index is 13.0. The van der Waals surface area contributed by atoms with Crippen LogP contribution in [0.5, 0.6) is 0 Å². The Morgan fingerprint density at radius 3 is 2.65 bits per heavy atom. The van der Waals surface area contributed by atoms with Crippen LogP contribution in [-0.4, -0.2) is 26.5 Å². The first-order chi connectivity index (χ1) is 12.6. The second-order valence-corrected chi connectivity index (χ2v) is 12.0. The van der Waals surface area contributed by atoms with Gasteiger partial charge in [0.15, 0.2) is 5.13 Å². The van der Waals surface area contributed by atoms with E-state index in [1.807, 2.05) is 18.2 Å². The van der Waals surface area contributed by atoms with Crippen molar-refractivity contribution in [1.82, 2.24) is 4.98 Å². The number of fused-ring (bicyclic) bond motifs is 1. The minimum atomic E-state index is 0.133. The number of halogens is 1. The predicted molar refractivity (Wildman–Crippen MR) is 114 cm³/mol. The molecule has 2 heterocycles. The van der Waals surface area contributed by atoms with Crippen molar-refractivity contribution in [1.29, 1.82) is 0 Å². The lowest BCUT2D eigenvalue weighted by molar-refractivity contribution is -0.122. The Hall–Kier alpha value is -0.430. The molecule has 2 aliphatic carbocycles. The minimum absolute atomic E-state index is 0.133. The van der Waals surface area contributed by atoms with Gasteiger partial charge in [0.05, 0.1) is 14.3 Å². The van der Waals surface area contributed by atoms with Crippen molar-refractivity contribution in [2.45, 2.75) is 36.2 Å². The average Bonchev–Trinajstić information content (AvgIpc) is 3.21. The quantitative estimate of drug-likeness (QED) is 0.652. The van der Waals surface area contributed by atoms with Gasteiger partial charge in [-0.05, 0) is 55.7 Å². The van der Waals surface area contributed by atoms with E-state index >= 15 is 0 Å². The van der Waals surface area contributed by atoms with Gasteiger partial charge in [-0.3, -0.25) is 4.79 Å². The second-order valence-electron chi connectivity index (χ2n) is 7.53. The molecule has 1 aromatic heterocycles. The van der Waals surface area contributed by atoms with Crippen molar-refractivity contribution in [2.75, 3.05) is 16.8 Å². The topological polar surface area (TPSA) is 42.0 Å². The van der Waals surface area contributed by atoms with Crippen molar-refractivity contribution in [3.05, 3.63) is 23.2 Å². The molecule has 3 fully saturated rings. The maximum Gasteiger partial charge on any atom is 0.229 e. The zero-order valence-electron chi connectivity index (χ0n) is 14.4. The zero-order valence-corrected chi connectivity index (χ0v) is 17.6. The molecule has 2 unspecified atom stereocenters. The Labute approximate surface area is 171 Å². The van der Waals surface area contributed by atoms with Crippen LogP contribution in [0.1, 0.15) is 32.1 Å². The van der Waals surface area contributed by atoms with Gasteiger partial charge in [0, 0.05) is 22.4 Å². The molecule has 138 valence electrons. The first kappa shape index (κ1) is 17.7. The molecule has 1 aliphatic heterocycles. The molecule has 1 saturated heterocycles. The number of carbonyl (C=O) groups is 1. The third-order valence-corrected chi connectivity index (χ3v) is 11.3. The van der Waals surface area contributed by atoms with E-state index in [4.69, 9.17) is 11.6 Å². The van der Waals surface area contributed by atoms with Crippen LogP contribution in [0, 0.1) is 17.8 Å². The first-order valence-corrected chi connectivity index (χ1v) is 12.5. The Morgan fingerprint density at radius 1 is 1.19 bits per heavy atom. The molecule has 1 N–H and O–H groups in total. The van der Waals surface area contributed by atoms with Crippen LogP contribution >= 0.6 is 46.5 Å². The van der Waals surface area contributed by atoms with Gasteiger partial charge in [0.1, 0.15) is 0 Å². The van der Waals surface area contributed by atoms with E-state index < -0.39 is 0 Å². The van der Waals surface area contributed by atoms with Crippen LogP contribution in [0.4, 0.5) is 5.13 Å². The molecule has 0 radical (unpaired) electrons. The Morgan fingerprint density at radius 2 is 1.92 bits per heavy atom. The smallest absolute Gasteiger partial charge is 0.229 e. The van der Waals surface area contributed by atoms with Crippen molar-refractivity contribution in [3.8, 4) is 0 Å². The number of nitrogens with one attached hydrogen (secondary N) is 1. The van der Waals surface area contributed by atoms with E-state index in [1.54, 1.807) is 0 Å². The van der Waals surface area contributed by atoms with Gasteiger partial charge in [-0.25, -0.2) is 4.98 Å². The molecule has 2 aromatic rings. The van der Waals surface area contributed by atoms with Gasteiger partial charge in [-0.15, -0.1) is 23.5 Å². The van der Waals surface area contributed by atoms with Crippen LogP contribution in [0.2, 0.25) is 5.02 Å². The summed E-state index contributed by atoms with van der Waals surface area (Å²) in [6.07, 6.45) is 6.00. The lowest BCUT2D eigenvalue weighted by Crippen LogP contribution is -2.48. The zero-order chi connectivity index (χ0) is 17.7. The van der Waals surface area contributed by atoms with Crippen LogP contribution in [0.15, 0.2) is 18.2 Å². The number of thioether (sulfide) groups is 2. The van der Waals surface area contributed by atoms with E-state index in [0.29, 0.717) is 26.1 Å². The molecule has 1 amide bonds. The number of rotatable bonds is 2. The number of nitrogens with zero attached hydrogens (tertiary/aromatic N) is 1. The Balaban J connectivity index is 1.33. The van der Waals surface area contributed by atoms with Gasteiger partial charge in [-0.2, -0.15) is 0 Å². The third-order valence-electron chi connectivity index (χ3n) is 6.07. The number of aromatic nitrogens is 1. The van der Waals surface area contributed by atoms with Gasteiger partial charge in [-0.1, -0.05) is 29.4 Å². The Kier molecular flexibility index (Phi) is 4.67. The minimum Gasteiger partial charge on any atom is -0.302 e. The first-order valence-electron chi connectivity index (χ1n) is 9.29. The molecule has 3 aliphatic rings. The van der Waals surface area contributed by atoms with E-state index in [1.165, 1.54) is 42.1 Å². The van der Waals surface area contributed by atoms with E-state index in [9.17, 15) is 4.79 Å². The third kappa shape index (κ3) is 2.97. The molecule has 2 saturated carbocycles. The van der Waals surface area contributed by atoms with Crippen LogP contribution in [0.3, 0.4) is 0 Å². The van der Waals surface area contributed by atoms with Gasteiger partial charge >= 0.3 is 0 Å². The fourth-order valence-electron chi connectivity index (χ4n) is 4.98.